The predicted molar refractivity (Wildman–Crippen MR) is 82.6 cm³/mol. The zero-order valence-electron chi connectivity index (χ0n) is 11.6. The minimum absolute atomic E-state index is 0.251. The average Bonchev–Trinajstić information content (AvgIpc) is 2.39. The van der Waals surface area contributed by atoms with E-state index in [1.807, 2.05) is 26.0 Å². The van der Waals surface area contributed by atoms with Gasteiger partial charge in [-0.3, -0.25) is 4.72 Å². The van der Waals surface area contributed by atoms with Crippen LogP contribution in [0, 0.1) is 6.92 Å². The number of anilines is 2. The summed E-state index contributed by atoms with van der Waals surface area (Å²) in [7, 11) is -3.54. The van der Waals surface area contributed by atoms with Gasteiger partial charge in [0.15, 0.2) is 0 Å². The summed E-state index contributed by atoms with van der Waals surface area (Å²) in [6.07, 6.45) is 0. The molecule has 0 atom stereocenters. The van der Waals surface area contributed by atoms with Crippen molar-refractivity contribution in [3.05, 3.63) is 54.1 Å². The molecule has 0 bridgehead atoms. The third-order valence-corrected chi connectivity index (χ3v) is 4.21. The summed E-state index contributed by atoms with van der Waals surface area (Å²) >= 11 is 0. The summed E-state index contributed by atoms with van der Waals surface area (Å²) in [5.41, 5.74) is 2.48. The van der Waals surface area contributed by atoms with Crippen molar-refractivity contribution in [1.29, 1.82) is 0 Å². The molecule has 0 amide bonds. The summed E-state index contributed by atoms with van der Waals surface area (Å²) in [4.78, 5) is 0.251. The van der Waals surface area contributed by atoms with Gasteiger partial charge in [0.2, 0.25) is 0 Å². The molecule has 20 heavy (non-hydrogen) atoms. The number of benzene rings is 2. The highest BCUT2D eigenvalue weighted by atomic mass is 32.2. The Hall–Kier alpha value is -2.01. The molecule has 2 aromatic carbocycles. The van der Waals surface area contributed by atoms with Crippen molar-refractivity contribution in [2.24, 2.45) is 0 Å². The van der Waals surface area contributed by atoms with Crippen molar-refractivity contribution in [3.8, 4) is 0 Å². The monoisotopic (exact) mass is 290 g/mol. The number of nitrogens with one attached hydrogen (secondary N) is 2. The van der Waals surface area contributed by atoms with Gasteiger partial charge in [0.1, 0.15) is 0 Å². The minimum Gasteiger partial charge on any atom is -0.385 e. The van der Waals surface area contributed by atoms with E-state index < -0.39 is 10.0 Å². The van der Waals surface area contributed by atoms with Crippen LogP contribution in [0.25, 0.3) is 0 Å². The number of hydrogen-bond donors (Lipinski definition) is 2. The Morgan fingerprint density at radius 2 is 1.70 bits per heavy atom. The molecule has 0 aliphatic rings. The molecule has 0 radical (unpaired) electrons. The fourth-order valence-corrected chi connectivity index (χ4v) is 2.93. The van der Waals surface area contributed by atoms with Gasteiger partial charge in [0.25, 0.3) is 10.0 Å². The Morgan fingerprint density at radius 1 is 1.00 bits per heavy atom. The summed E-state index contributed by atoms with van der Waals surface area (Å²) in [5.74, 6) is 0. The topological polar surface area (TPSA) is 58.2 Å². The second kappa shape index (κ2) is 5.96. The van der Waals surface area contributed by atoms with E-state index in [0.717, 1.165) is 17.8 Å². The van der Waals surface area contributed by atoms with E-state index in [9.17, 15) is 8.42 Å². The molecule has 5 heteroatoms. The Bertz CT molecular complexity index is 679. The SMILES string of the molecule is CCNc1ccc(S(=O)(=O)Nc2cccc(C)c2)cc1. The first-order valence-electron chi connectivity index (χ1n) is 6.44. The molecule has 0 aliphatic heterocycles. The third-order valence-electron chi connectivity index (χ3n) is 2.82. The van der Waals surface area contributed by atoms with Gasteiger partial charge >= 0.3 is 0 Å². The fourth-order valence-electron chi connectivity index (χ4n) is 1.88. The molecular weight excluding hydrogens is 272 g/mol. The smallest absolute Gasteiger partial charge is 0.261 e. The van der Waals surface area contributed by atoms with E-state index >= 15 is 0 Å². The summed E-state index contributed by atoms with van der Waals surface area (Å²) in [5, 5.41) is 3.13. The third kappa shape index (κ3) is 3.51. The van der Waals surface area contributed by atoms with Crippen LogP contribution < -0.4 is 10.0 Å². The number of rotatable bonds is 5. The zero-order chi connectivity index (χ0) is 14.6. The Morgan fingerprint density at radius 3 is 2.30 bits per heavy atom. The summed E-state index contributed by atoms with van der Waals surface area (Å²) < 4.78 is 27.1. The molecule has 2 aromatic rings. The maximum Gasteiger partial charge on any atom is 0.261 e. The highest BCUT2D eigenvalue weighted by molar-refractivity contribution is 7.92. The number of sulfonamides is 1. The molecule has 4 nitrogen and oxygen atoms in total. The van der Waals surface area contributed by atoms with Crippen LogP contribution in [0.15, 0.2) is 53.4 Å². The highest BCUT2D eigenvalue weighted by Crippen LogP contribution is 2.18. The largest absolute Gasteiger partial charge is 0.385 e. The van der Waals surface area contributed by atoms with Gasteiger partial charge in [-0.25, -0.2) is 8.42 Å². The highest BCUT2D eigenvalue weighted by Gasteiger charge is 2.13. The maximum absolute atomic E-state index is 12.3. The Balaban J connectivity index is 2.21. The molecule has 0 saturated carbocycles. The van der Waals surface area contributed by atoms with Crippen molar-refractivity contribution < 1.29 is 8.42 Å². The fraction of sp³-hybridized carbons (Fsp3) is 0.200. The van der Waals surface area contributed by atoms with Crippen LogP contribution in [-0.4, -0.2) is 15.0 Å². The van der Waals surface area contributed by atoms with Gasteiger partial charge in [0, 0.05) is 17.9 Å². The molecule has 0 spiro atoms. The lowest BCUT2D eigenvalue weighted by Gasteiger charge is -2.09. The van der Waals surface area contributed by atoms with Crippen LogP contribution in [0.1, 0.15) is 12.5 Å². The van der Waals surface area contributed by atoms with Gasteiger partial charge < -0.3 is 5.32 Å². The van der Waals surface area contributed by atoms with E-state index in [0.29, 0.717) is 5.69 Å². The van der Waals surface area contributed by atoms with Crippen molar-refractivity contribution in [2.75, 3.05) is 16.6 Å². The van der Waals surface area contributed by atoms with E-state index in [2.05, 4.69) is 10.0 Å². The van der Waals surface area contributed by atoms with Crippen LogP contribution in [0.2, 0.25) is 0 Å². The van der Waals surface area contributed by atoms with Crippen LogP contribution in [0.5, 0.6) is 0 Å². The van der Waals surface area contributed by atoms with E-state index in [1.54, 1.807) is 36.4 Å². The first kappa shape index (κ1) is 14.4. The lowest BCUT2D eigenvalue weighted by Crippen LogP contribution is -2.13. The summed E-state index contributed by atoms with van der Waals surface area (Å²) in [6, 6.07) is 14.0. The van der Waals surface area contributed by atoms with E-state index in [1.165, 1.54) is 0 Å². The van der Waals surface area contributed by atoms with Crippen LogP contribution in [0.3, 0.4) is 0 Å². The van der Waals surface area contributed by atoms with Crippen LogP contribution in [-0.2, 0) is 10.0 Å². The first-order valence-corrected chi connectivity index (χ1v) is 7.93. The number of aryl methyl sites for hydroxylation is 1. The van der Waals surface area contributed by atoms with Gasteiger partial charge in [0.05, 0.1) is 4.90 Å². The minimum atomic E-state index is -3.54. The second-order valence-electron chi connectivity index (χ2n) is 4.53. The lowest BCUT2D eigenvalue weighted by molar-refractivity contribution is 0.601. The molecule has 0 heterocycles. The standard InChI is InChI=1S/C15H18N2O2S/c1-3-16-13-7-9-15(10-8-13)20(18,19)17-14-6-4-5-12(2)11-14/h4-11,16-17H,3H2,1-2H3. The van der Waals surface area contributed by atoms with Crippen molar-refractivity contribution in [2.45, 2.75) is 18.7 Å². The van der Waals surface area contributed by atoms with Crippen molar-refractivity contribution in [3.63, 3.8) is 0 Å². The molecule has 0 aliphatic carbocycles. The zero-order valence-corrected chi connectivity index (χ0v) is 12.4. The van der Waals surface area contributed by atoms with E-state index in [-0.39, 0.29) is 4.90 Å². The van der Waals surface area contributed by atoms with Crippen LogP contribution in [0.4, 0.5) is 11.4 Å². The summed E-state index contributed by atoms with van der Waals surface area (Å²) in [6.45, 7) is 4.71. The molecule has 0 fully saturated rings. The van der Waals surface area contributed by atoms with Crippen molar-refractivity contribution in [1.82, 2.24) is 0 Å². The molecule has 2 rings (SSSR count). The Labute approximate surface area is 119 Å². The van der Waals surface area contributed by atoms with Crippen molar-refractivity contribution >= 4 is 21.4 Å². The first-order chi connectivity index (χ1) is 9.51. The van der Waals surface area contributed by atoms with Crippen LogP contribution >= 0.6 is 0 Å². The average molecular weight is 290 g/mol. The molecule has 0 unspecified atom stereocenters. The van der Waals surface area contributed by atoms with Gasteiger partial charge in [-0.05, 0) is 55.8 Å². The maximum atomic E-state index is 12.3. The second-order valence-corrected chi connectivity index (χ2v) is 6.21. The molecular formula is C15H18N2O2S. The van der Waals surface area contributed by atoms with Gasteiger partial charge in [-0.2, -0.15) is 0 Å². The van der Waals surface area contributed by atoms with Gasteiger partial charge in [-0.15, -0.1) is 0 Å². The lowest BCUT2D eigenvalue weighted by atomic mass is 10.2. The quantitative estimate of drug-likeness (QED) is 0.889. The number of hydrogen-bond acceptors (Lipinski definition) is 3. The molecule has 0 saturated heterocycles. The normalized spacial score (nSPS) is 11.1. The Kier molecular flexibility index (Phi) is 4.29. The predicted octanol–water partition coefficient (Wildman–Crippen LogP) is 3.23. The van der Waals surface area contributed by atoms with Gasteiger partial charge in [-0.1, -0.05) is 12.1 Å². The van der Waals surface area contributed by atoms with E-state index in [4.69, 9.17) is 0 Å². The molecule has 0 aromatic heterocycles. The molecule has 106 valence electrons. The molecule has 2 N–H and O–H groups in total.